The molecule has 0 heterocycles. The molecule has 2 unspecified atom stereocenters. The lowest BCUT2D eigenvalue weighted by Crippen LogP contribution is -2.31. The summed E-state index contributed by atoms with van der Waals surface area (Å²) in [5.41, 5.74) is 5.75. The summed E-state index contributed by atoms with van der Waals surface area (Å²) in [4.78, 5) is 11.6. The van der Waals surface area contributed by atoms with Gasteiger partial charge in [0.15, 0.2) is 0 Å². The first kappa shape index (κ1) is 11.7. The molecular weight excluding hydrogens is 202 g/mol. The summed E-state index contributed by atoms with van der Waals surface area (Å²) in [6.07, 6.45) is 3.96. The molecule has 1 rings (SSSR count). The molecule has 14 heavy (non-hydrogen) atoms. The predicted octanol–water partition coefficient (Wildman–Crippen LogP) is 0.118. The van der Waals surface area contributed by atoms with Crippen molar-refractivity contribution in [2.45, 2.75) is 31.7 Å². The van der Waals surface area contributed by atoms with Gasteiger partial charge in [0.05, 0.1) is 5.75 Å². The molecule has 0 saturated heterocycles. The van der Waals surface area contributed by atoms with Gasteiger partial charge in [-0.1, -0.05) is 6.42 Å². The molecule has 0 radical (unpaired) electrons. The van der Waals surface area contributed by atoms with Crippen LogP contribution in [0.3, 0.4) is 0 Å². The number of sulfone groups is 1. The van der Waals surface area contributed by atoms with Crippen LogP contribution in [-0.4, -0.2) is 32.3 Å². The van der Waals surface area contributed by atoms with Crippen LogP contribution in [0.5, 0.6) is 0 Å². The molecule has 0 aromatic heterocycles. The van der Waals surface area contributed by atoms with Gasteiger partial charge >= 0.3 is 0 Å². The number of ketones is 1. The second-order valence-electron chi connectivity index (χ2n) is 4.05. The van der Waals surface area contributed by atoms with Crippen LogP contribution in [0.25, 0.3) is 0 Å². The Labute approximate surface area is 84.8 Å². The lowest BCUT2D eigenvalue weighted by Gasteiger charge is -2.13. The van der Waals surface area contributed by atoms with Crippen LogP contribution in [-0.2, 0) is 14.6 Å². The second-order valence-corrected chi connectivity index (χ2v) is 6.31. The fourth-order valence-electron chi connectivity index (χ4n) is 1.86. The molecule has 0 spiro atoms. The van der Waals surface area contributed by atoms with Gasteiger partial charge in [0.2, 0.25) is 0 Å². The summed E-state index contributed by atoms with van der Waals surface area (Å²) in [6.45, 7) is 0. The van der Waals surface area contributed by atoms with Crippen molar-refractivity contribution in [3.05, 3.63) is 0 Å². The van der Waals surface area contributed by atoms with E-state index in [4.69, 9.17) is 5.73 Å². The van der Waals surface area contributed by atoms with Gasteiger partial charge in [-0.05, 0) is 12.8 Å². The molecule has 4 nitrogen and oxygen atoms in total. The van der Waals surface area contributed by atoms with Gasteiger partial charge in [-0.2, -0.15) is 0 Å². The summed E-state index contributed by atoms with van der Waals surface area (Å²) in [5, 5.41) is 0. The van der Waals surface area contributed by atoms with E-state index in [-0.39, 0.29) is 29.9 Å². The Kier molecular flexibility index (Phi) is 3.66. The van der Waals surface area contributed by atoms with Gasteiger partial charge in [0.1, 0.15) is 15.6 Å². The summed E-state index contributed by atoms with van der Waals surface area (Å²) in [7, 11) is -3.03. The van der Waals surface area contributed by atoms with Crippen molar-refractivity contribution in [3.8, 4) is 0 Å². The molecule has 0 aliphatic heterocycles. The zero-order valence-electron chi connectivity index (χ0n) is 8.40. The number of nitrogens with two attached hydrogens (primary N) is 1. The first-order valence-electron chi connectivity index (χ1n) is 4.86. The van der Waals surface area contributed by atoms with Crippen LogP contribution in [0.1, 0.15) is 25.7 Å². The molecule has 5 heteroatoms. The van der Waals surface area contributed by atoms with Gasteiger partial charge in [-0.25, -0.2) is 8.42 Å². The SMILES string of the molecule is CS(=O)(=O)CCC(=O)C1CCCC1N. The summed E-state index contributed by atoms with van der Waals surface area (Å²) >= 11 is 0. The lowest BCUT2D eigenvalue weighted by atomic mass is 9.97. The molecule has 0 aromatic carbocycles. The third kappa shape index (κ3) is 3.38. The number of hydrogen-bond donors (Lipinski definition) is 1. The number of hydrogen-bond acceptors (Lipinski definition) is 4. The Morgan fingerprint density at radius 2 is 2.07 bits per heavy atom. The second kappa shape index (κ2) is 4.40. The Bertz CT molecular complexity index is 310. The number of carbonyl (C=O) groups excluding carboxylic acids is 1. The van der Waals surface area contributed by atoms with Gasteiger partial charge in [-0.15, -0.1) is 0 Å². The monoisotopic (exact) mass is 219 g/mol. The number of carbonyl (C=O) groups is 1. The van der Waals surface area contributed by atoms with Gasteiger partial charge in [0.25, 0.3) is 0 Å². The molecule has 0 bridgehead atoms. The molecular formula is C9H17NO3S. The van der Waals surface area contributed by atoms with E-state index < -0.39 is 9.84 Å². The van der Waals surface area contributed by atoms with Crippen molar-refractivity contribution in [1.82, 2.24) is 0 Å². The summed E-state index contributed by atoms with van der Waals surface area (Å²) < 4.78 is 21.7. The minimum atomic E-state index is -3.03. The van der Waals surface area contributed by atoms with Crippen LogP contribution < -0.4 is 5.73 Å². The highest BCUT2D eigenvalue weighted by Gasteiger charge is 2.29. The van der Waals surface area contributed by atoms with Gasteiger partial charge in [-0.3, -0.25) is 4.79 Å². The van der Waals surface area contributed by atoms with Crippen LogP contribution >= 0.6 is 0 Å². The fourth-order valence-corrected chi connectivity index (χ4v) is 2.43. The first-order valence-corrected chi connectivity index (χ1v) is 6.92. The minimum absolute atomic E-state index is 0.0143. The Morgan fingerprint density at radius 1 is 1.43 bits per heavy atom. The molecule has 1 saturated carbocycles. The third-order valence-corrected chi connectivity index (χ3v) is 3.65. The van der Waals surface area contributed by atoms with E-state index in [9.17, 15) is 13.2 Å². The lowest BCUT2D eigenvalue weighted by molar-refractivity contribution is -0.122. The smallest absolute Gasteiger partial charge is 0.147 e. The van der Waals surface area contributed by atoms with E-state index in [1.807, 2.05) is 0 Å². The van der Waals surface area contributed by atoms with Crippen LogP contribution in [0, 0.1) is 5.92 Å². The average molecular weight is 219 g/mol. The maximum atomic E-state index is 11.6. The van der Waals surface area contributed by atoms with Crippen molar-refractivity contribution in [2.24, 2.45) is 11.7 Å². The Balaban J connectivity index is 2.42. The van der Waals surface area contributed by atoms with Crippen molar-refractivity contribution < 1.29 is 13.2 Å². The zero-order valence-corrected chi connectivity index (χ0v) is 9.22. The minimum Gasteiger partial charge on any atom is -0.327 e. The Morgan fingerprint density at radius 3 is 2.50 bits per heavy atom. The molecule has 1 fully saturated rings. The van der Waals surface area contributed by atoms with E-state index >= 15 is 0 Å². The quantitative estimate of drug-likeness (QED) is 0.728. The maximum Gasteiger partial charge on any atom is 0.147 e. The van der Waals surface area contributed by atoms with E-state index in [0.29, 0.717) is 0 Å². The molecule has 2 atom stereocenters. The highest BCUT2D eigenvalue weighted by Crippen LogP contribution is 2.25. The zero-order chi connectivity index (χ0) is 10.8. The standard InChI is InChI=1S/C9H17NO3S/c1-14(12,13)6-5-9(11)7-3-2-4-8(7)10/h7-8H,2-6,10H2,1H3. The van der Waals surface area contributed by atoms with E-state index in [1.54, 1.807) is 0 Å². The van der Waals surface area contributed by atoms with E-state index in [0.717, 1.165) is 25.5 Å². The van der Waals surface area contributed by atoms with Crippen molar-refractivity contribution in [3.63, 3.8) is 0 Å². The van der Waals surface area contributed by atoms with Crippen molar-refractivity contribution >= 4 is 15.6 Å². The maximum absolute atomic E-state index is 11.6. The molecule has 0 aromatic rings. The van der Waals surface area contributed by atoms with Crippen LogP contribution in [0.4, 0.5) is 0 Å². The van der Waals surface area contributed by atoms with Crippen LogP contribution in [0.2, 0.25) is 0 Å². The Hall–Kier alpha value is -0.420. The van der Waals surface area contributed by atoms with E-state index in [2.05, 4.69) is 0 Å². The largest absolute Gasteiger partial charge is 0.327 e. The molecule has 0 amide bonds. The van der Waals surface area contributed by atoms with Crippen molar-refractivity contribution in [1.29, 1.82) is 0 Å². The highest BCUT2D eigenvalue weighted by atomic mass is 32.2. The first-order chi connectivity index (χ1) is 6.40. The fraction of sp³-hybridized carbons (Fsp3) is 0.889. The van der Waals surface area contributed by atoms with Crippen LogP contribution in [0.15, 0.2) is 0 Å². The number of rotatable bonds is 4. The molecule has 1 aliphatic rings. The topological polar surface area (TPSA) is 77.2 Å². The molecule has 82 valence electrons. The van der Waals surface area contributed by atoms with Crippen molar-refractivity contribution in [2.75, 3.05) is 12.0 Å². The normalized spacial score (nSPS) is 27.9. The van der Waals surface area contributed by atoms with Gasteiger partial charge < -0.3 is 5.73 Å². The average Bonchev–Trinajstić information content (AvgIpc) is 2.46. The van der Waals surface area contributed by atoms with Gasteiger partial charge in [0, 0.05) is 24.6 Å². The summed E-state index contributed by atoms with van der Waals surface area (Å²) in [6, 6.07) is -0.0536. The number of Topliss-reactive ketones (excluding diaryl/α,β-unsaturated/α-hetero) is 1. The predicted molar refractivity (Wildman–Crippen MR) is 54.7 cm³/mol. The summed E-state index contributed by atoms with van der Waals surface area (Å²) in [5.74, 6) is -0.133. The molecule has 2 N–H and O–H groups in total. The molecule has 1 aliphatic carbocycles. The van der Waals surface area contributed by atoms with E-state index in [1.165, 1.54) is 0 Å². The third-order valence-electron chi connectivity index (χ3n) is 2.70. The highest BCUT2D eigenvalue weighted by molar-refractivity contribution is 7.90.